The first-order valence-corrected chi connectivity index (χ1v) is 5.08. The van der Waals surface area contributed by atoms with Gasteiger partial charge < -0.3 is 9.72 Å². The molecule has 0 fully saturated rings. The van der Waals surface area contributed by atoms with Gasteiger partial charge in [0.15, 0.2) is 0 Å². The molecule has 15 heavy (non-hydrogen) atoms. The van der Waals surface area contributed by atoms with Crippen LogP contribution < -0.4 is 0 Å². The second-order valence-electron chi connectivity index (χ2n) is 4.08. The molecule has 0 aliphatic rings. The summed E-state index contributed by atoms with van der Waals surface area (Å²) in [5, 5.41) is 0. The molecule has 1 aromatic rings. The average Bonchev–Trinajstić information content (AvgIpc) is 2.46. The standard InChI is InChI=1S/C11H18N2O2/c1-6(2)9(11(14)15-5)10-12-7(3)8(4)13-10/h6,9H,1-5H3,(H,12,13). The summed E-state index contributed by atoms with van der Waals surface area (Å²) in [5.41, 5.74) is 1.93. The van der Waals surface area contributed by atoms with Crippen molar-refractivity contribution < 1.29 is 9.53 Å². The van der Waals surface area contributed by atoms with Crippen LogP contribution in [-0.2, 0) is 9.53 Å². The molecule has 1 heterocycles. The lowest BCUT2D eigenvalue weighted by molar-refractivity contribution is -0.143. The largest absolute Gasteiger partial charge is 0.468 e. The third-order valence-corrected chi connectivity index (χ3v) is 2.56. The minimum Gasteiger partial charge on any atom is -0.468 e. The van der Waals surface area contributed by atoms with E-state index >= 15 is 0 Å². The van der Waals surface area contributed by atoms with E-state index in [9.17, 15) is 4.79 Å². The molecule has 1 atom stereocenters. The lowest BCUT2D eigenvalue weighted by Gasteiger charge is -2.15. The van der Waals surface area contributed by atoms with Gasteiger partial charge in [-0.1, -0.05) is 13.8 Å². The molecule has 1 unspecified atom stereocenters. The first-order valence-electron chi connectivity index (χ1n) is 5.08. The molecule has 0 amide bonds. The number of aromatic amines is 1. The van der Waals surface area contributed by atoms with Crippen LogP contribution in [0.15, 0.2) is 0 Å². The van der Waals surface area contributed by atoms with Crippen molar-refractivity contribution >= 4 is 5.97 Å². The Bertz CT molecular complexity index is 336. The number of methoxy groups -OCH3 is 1. The number of hydrogen-bond acceptors (Lipinski definition) is 3. The molecular formula is C11H18N2O2. The number of nitrogens with one attached hydrogen (secondary N) is 1. The topological polar surface area (TPSA) is 55.0 Å². The van der Waals surface area contributed by atoms with E-state index in [-0.39, 0.29) is 17.8 Å². The summed E-state index contributed by atoms with van der Waals surface area (Å²) in [5.74, 6) is 0.329. The van der Waals surface area contributed by atoms with E-state index in [1.165, 1.54) is 7.11 Å². The molecule has 0 aliphatic heterocycles. The van der Waals surface area contributed by atoms with Crippen LogP contribution in [0.2, 0.25) is 0 Å². The van der Waals surface area contributed by atoms with Crippen LogP contribution in [-0.4, -0.2) is 23.0 Å². The number of carbonyl (C=O) groups is 1. The lowest BCUT2D eigenvalue weighted by atomic mass is 9.95. The third-order valence-electron chi connectivity index (χ3n) is 2.56. The first kappa shape index (κ1) is 11.8. The monoisotopic (exact) mass is 210 g/mol. The summed E-state index contributed by atoms with van der Waals surface area (Å²) in [4.78, 5) is 19.1. The maximum atomic E-state index is 11.6. The van der Waals surface area contributed by atoms with Crippen molar-refractivity contribution in [3.63, 3.8) is 0 Å². The lowest BCUT2D eigenvalue weighted by Crippen LogP contribution is -2.20. The maximum Gasteiger partial charge on any atom is 0.316 e. The zero-order valence-electron chi connectivity index (χ0n) is 9.92. The van der Waals surface area contributed by atoms with E-state index in [0.717, 1.165) is 11.4 Å². The van der Waals surface area contributed by atoms with Gasteiger partial charge in [0, 0.05) is 5.69 Å². The minimum absolute atomic E-state index is 0.169. The SMILES string of the molecule is COC(=O)C(c1nc(C)c(C)[nH]1)C(C)C. The van der Waals surface area contributed by atoms with Crippen LogP contribution in [0.4, 0.5) is 0 Å². The van der Waals surface area contributed by atoms with Gasteiger partial charge in [0.2, 0.25) is 0 Å². The number of aryl methyl sites for hydroxylation is 2. The Morgan fingerprint density at radius 3 is 2.33 bits per heavy atom. The van der Waals surface area contributed by atoms with Crippen molar-refractivity contribution in [2.24, 2.45) is 5.92 Å². The van der Waals surface area contributed by atoms with Crippen molar-refractivity contribution in [1.29, 1.82) is 0 Å². The fraction of sp³-hybridized carbons (Fsp3) is 0.636. The average molecular weight is 210 g/mol. The van der Waals surface area contributed by atoms with Crippen LogP contribution in [0.5, 0.6) is 0 Å². The Morgan fingerprint density at radius 1 is 1.40 bits per heavy atom. The highest BCUT2D eigenvalue weighted by atomic mass is 16.5. The minimum atomic E-state index is -0.303. The van der Waals surface area contributed by atoms with Crippen LogP contribution in [0.25, 0.3) is 0 Å². The van der Waals surface area contributed by atoms with Crippen LogP contribution >= 0.6 is 0 Å². The zero-order chi connectivity index (χ0) is 11.6. The van der Waals surface area contributed by atoms with Crippen LogP contribution in [0.1, 0.15) is 37.0 Å². The van der Waals surface area contributed by atoms with E-state index in [1.807, 2.05) is 27.7 Å². The molecule has 0 aromatic carbocycles. The second-order valence-corrected chi connectivity index (χ2v) is 4.08. The second kappa shape index (κ2) is 4.47. The third kappa shape index (κ3) is 2.37. The van der Waals surface area contributed by atoms with Gasteiger partial charge in [-0.05, 0) is 19.8 Å². The Labute approximate surface area is 90.1 Å². The summed E-state index contributed by atoms with van der Waals surface area (Å²) in [6.07, 6.45) is 0. The van der Waals surface area contributed by atoms with Crippen molar-refractivity contribution in [3.8, 4) is 0 Å². The number of rotatable bonds is 3. The number of imidazole rings is 1. The van der Waals surface area contributed by atoms with E-state index in [4.69, 9.17) is 4.74 Å². The highest BCUT2D eigenvalue weighted by molar-refractivity contribution is 5.77. The summed E-state index contributed by atoms with van der Waals surface area (Å²) >= 11 is 0. The molecule has 84 valence electrons. The number of H-pyrrole nitrogens is 1. The van der Waals surface area contributed by atoms with Crippen molar-refractivity contribution in [2.45, 2.75) is 33.6 Å². The van der Waals surface area contributed by atoms with Gasteiger partial charge >= 0.3 is 5.97 Å². The zero-order valence-corrected chi connectivity index (χ0v) is 9.92. The Hall–Kier alpha value is -1.32. The van der Waals surface area contributed by atoms with Gasteiger partial charge in [0.05, 0.1) is 12.8 Å². The predicted molar refractivity (Wildman–Crippen MR) is 57.7 cm³/mol. The van der Waals surface area contributed by atoms with Gasteiger partial charge in [0.25, 0.3) is 0 Å². The molecule has 0 radical (unpaired) electrons. The van der Waals surface area contributed by atoms with Crippen LogP contribution in [0.3, 0.4) is 0 Å². The normalized spacial score (nSPS) is 12.9. The quantitative estimate of drug-likeness (QED) is 0.776. The molecule has 0 saturated carbocycles. The number of hydrogen-bond donors (Lipinski definition) is 1. The number of esters is 1. The molecule has 4 heteroatoms. The Kier molecular flexibility index (Phi) is 3.50. The van der Waals surface area contributed by atoms with Crippen molar-refractivity contribution in [2.75, 3.05) is 7.11 Å². The molecular weight excluding hydrogens is 192 g/mol. The van der Waals surface area contributed by atoms with Gasteiger partial charge in [-0.2, -0.15) is 0 Å². The Morgan fingerprint density at radius 2 is 2.00 bits per heavy atom. The highest BCUT2D eigenvalue weighted by Crippen LogP contribution is 2.24. The number of carbonyl (C=O) groups excluding carboxylic acids is 1. The molecule has 0 spiro atoms. The predicted octanol–water partition coefficient (Wildman–Crippen LogP) is 1.94. The molecule has 0 bridgehead atoms. The summed E-state index contributed by atoms with van der Waals surface area (Å²) in [7, 11) is 1.40. The van der Waals surface area contributed by atoms with Gasteiger partial charge in [-0.25, -0.2) is 4.98 Å². The maximum absolute atomic E-state index is 11.6. The van der Waals surface area contributed by atoms with Gasteiger partial charge in [-0.15, -0.1) is 0 Å². The fourth-order valence-corrected chi connectivity index (χ4v) is 1.55. The summed E-state index contributed by atoms with van der Waals surface area (Å²) in [6, 6.07) is 0. The molecule has 1 rings (SSSR count). The number of aromatic nitrogens is 2. The van der Waals surface area contributed by atoms with Gasteiger partial charge in [0.1, 0.15) is 11.7 Å². The highest BCUT2D eigenvalue weighted by Gasteiger charge is 2.28. The van der Waals surface area contributed by atoms with Crippen molar-refractivity contribution in [3.05, 3.63) is 17.2 Å². The molecule has 1 N–H and O–H groups in total. The molecule has 1 aromatic heterocycles. The fourth-order valence-electron chi connectivity index (χ4n) is 1.55. The van der Waals surface area contributed by atoms with E-state index in [0.29, 0.717) is 5.82 Å². The van der Waals surface area contributed by atoms with E-state index < -0.39 is 0 Å². The van der Waals surface area contributed by atoms with E-state index in [2.05, 4.69) is 9.97 Å². The molecule has 0 aliphatic carbocycles. The van der Waals surface area contributed by atoms with Crippen molar-refractivity contribution in [1.82, 2.24) is 9.97 Å². The van der Waals surface area contributed by atoms with Gasteiger partial charge in [-0.3, -0.25) is 4.79 Å². The summed E-state index contributed by atoms with van der Waals surface area (Å²) < 4.78 is 4.78. The summed E-state index contributed by atoms with van der Waals surface area (Å²) in [6.45, 7) is 7.83. The number of ether oxygens (including phenoxy) is 1. The Balaban J connectivity index is 3.04. The smallest absolute Gasteiger partial charge is 0.316 e. The first-order chi connectivity index (χ1) is 6.97. The van der Waals surface area contributed by atoms with E-state index in [1.54, 1.807) is 0 Å². The molecule has 4 nitrogen and oxygen atoms in total. The van der Waals surface area contributed by atoms with Crippen LogP contribution in [0, 0.1) is 19.8 Å². The number of nitrogens with zero attached hydrogens (tertiary/aromatic N) is 1. The molecule has 0 saturated heterocycles.